The van der Waals surface area contributed by atoms with E-state index in [-0.39, 0.29) is 10.7 Å². The molecule has 0 bridgehead atoms. The molecule has 1 N–H and O–H groups in total. The number of rotatable bonds is 2. The van der Waals surface area contributed by atoms with Crippen LogP contribution in [0.4, 0.5) is 5.69 Å². The summed E-state index contributed by atoms with van der Waals surface area (Å²) in [6.07, 6.45) is 0. The van der Waals surface area contributed by atoms with Gasteiger partial charge in [0.15, 0.2) is 0 Å². The van der Waals surface area contributed by atoms with Crippen LogP contribution in [0.25, 0.3) is 0 Å². The number of hydrogen-bond acceptors (Lipinski definition) is 1. The Balaban J connectivity index is 2.05. The van der Waals surface area contributed by atoms with Gasteiger partial charge in [-0.3, -0.25) is 4.79 Å². The lowest BCUT2D eigenvalue weighted by Gasteiger charge is -2.18. The summed E-state index contributed by atoms with van der Waals surface area (Å²) >= 11 is 6.15. The Morgan fingerprint density at radius 2 is 1.90 bits per heavy atom. The molecule has 0 saturated carbocycles. The van der Waals surface area contributed by atoms with Gasteiger partial charge in [-0.2, -0.15) is 0 Å². The zero-order valence-electron chi connectivity index (χ0n) is 11.8. The highest BCUT2D eigenvalue weighted by atomic mass is 127. The van der Waals surface area contributed by atoms with Crippen LogP contribution in [-0.4, -0.2) is 5.91 Å². The number of carbonyl (C=O) groups excluding carboxylic acids is 1. The first-order valence-electron chi connectivity index (χ1n) is 6.75. The molecule has 0 fully saturated rings. The quantitative estimate of drug-likeness (QED) is 0.500. The molecule has 1 aliphatic rings. The average Bonchev–Trinajstić information content (AvgIpc) is 2.69. The Morgan fingerprint density at radius 3 is 2.62 bits per heavy atom. The number of hydrogen-bond donors (Lipinski definition) is 1. The van der Waals surface area contributed by atoms with E-state index in [1.54, 1.807) is 0 Å². The molecule has 2 nitrogen and oxygen atoms in total. The van der Waals surface area contributed by atoms with Crippen LogP contribution < -0.4 is 5.32 Å². The van der Waals surface area contributed by atoms with Crippen LogP contribution in [-0.2, 0) is 10.2 Å². The van der Waals surface area contributed by atoms with Crippen LogP contribution in [0.2, 0.25) is 0 Å². The molecule has 1 aliphatic heterocycles. The number of halogens is 2. The predicted octanol–water partition coefficient (Wildman–Crippen LogP) is 5.01. The summed E-state index contributed by atoms with van der Waals surface area (Å²) in [7, 11) is 0. The second-order valence-corrected chi connectivity index (χ2v) is 7.85. The first-order valence-corrected chi connectivity index (χ1v) is 8.75. The Kier molecular flexibility index (Phi) is 3.86. The van der Waals surface area contributed by atoms with Crippen LogP contribution in [0.3, 0.4) is 0 Å². The average molecular weight is 456 g/mol. The van der Waals surface area contributed by atoms with Crippen LogP contribution in [0.1, 0.15) is 35.4 Å². The third kappa shape index (κ3) is 2.52. The minimum atomic E-state index is -0.470. The molecule has 2 aromatic carbocycles. The molecule has 0 aliphatic carbocycles. The van der Waals surface area contributed by atoms with Crippen LogP contribution >= 0.6 is 38.5 Å². The minimum absolute atomic E-state index is 0.0649. The lowest BCUT2D eigenvalue weighted by atomic mass is 9.85. The number of nitrogens with one attached hydrogen (secondary N) is 1. The fourth-order valence-corrected chi connectivity index (χ4v) is 4.42. The van der Waals surface area contributed by atoms with E-state index in [1.165, 1.54) is 14.7 Å². The van der Waals surface area contributed by atoms with Gasteiger partial charge < -0.3 is 5.32 Å². The van der Waals surface area contributed by atoms with E-state index in [1.807, 2.05) is 32.0 Å². The first-order chi connectivity index (χ1) is 9.91. The van der Waals surface area contributed by atoms with Gasteiger partial charge in [-0.15, -0.1) is 0 Å². The highest BCUT2D eigenvalue weighted by Gasteiger charge is 2.38. The smallest absolute Gasteiger partial charge is 0.234 e. The van der Waals surface area contributed by atoms with E-state index in [0.29, 0.717) is 0 Å². The second kappa shape index (κ2) is 5.39. The van der Waals surface area contributed by atoms with Crippen molar-refractivity contribution < 1.29 is 4.79 Å². The molecule has 0 saturated heterocycles. The molecule has 1 atom stereocenters. The van der Waals surface area contributed by atoms with Gasteiger partial charge in [0.05, 0.1) is 10.2 Å². The summed E-state index contributed by atoms with van der Waals surface area (Å²) in [5.74, 6) is 0.0649. The molecule has 2 aromatic rings. The highest BCUT2D eigenvalue weighted by molar-refractivity contribution is 14.1. The van der Waals surface area contributed by atoms with Crippen molar-refractivity contribution in [3.63, 3.8) is 0 Å². The van der Waals surface area contributed by atoms with Crippen molar-refractivity contribution in [2.24, 2.45) is 0 Å². The van der Waals surface area contributed by atoms with E-state index in [9.17, 15) is 4.79 Å². The Morgan fingerprint density at radius 1 is 1.19 bits per heavy atom. The number of alkyl halides is 1. The topological polar surface area (TPSA) is 29.1 Å². The Bertz CT molecular complexity index is 726. The summed E-state index contributed by atoms with van der Waals surface area (Å²) in [6.45, 7) is 3.93. The van der Waals surface area contributed by atoms with Crippen molar-refractivity contribution in [1.82, 2.24) is 0 Å². The third-order valence-corrected chi connectivity index (χ3v) is 6.01. The van der Waals surface area contributed by atoms with Crippen molar-refractivity contribution in [3.8, 4) is 0 Å². The van der Waals surface area contributed by atoms with Crippen LogP contribution in [0, 0.1) is 3.57 Å². The fourth-order valence-electron chi connectivity index (χ4n) is 2.61. The minimum Gasteiger partial charge on any atom is -0.325 e. The molecule has 21 heavy (non-hydrogen) atoms. The number of amides is 1. The lowest BCUT2D eigenvalue weighted by molar-refractivity contribution is -0.119. The van der Waals surface area contributed by atoms with Gasteiger partial charge in [-0.25, -0.2) is 0 Å². The molecule has 4 heteroatoms. The molecule has 3 rings (SSSR count). The maximum Gasteiger partial charge on any atom is 0.234 e. The molecule has 1 unspecified atom stereocenters. The Labute approximate surface area is 146 Å². The molecular weight excluding hydrogens is 441 g/mol. The zero-order chi connectivity index (χ0) is 15.2. The van der Waals surface area contributed by atoms with Gasteiger partial charge >= 0.3 is 0 Å². The van der Waals surface area contributed by atoms with Gasteiger partial charge in [0.2, 0.25) is 5.91 Å². The van der Waals surface area contributed by atoms with Crippen molar-refractivity contribution in [3.05, 3.63) is 62.7 Å². The van der Waals surface area contributed by atoms with E-state index < -0.39 is 5.41 Å². The molecular formula is C17H15BrINO. The monoisotopic (exact) mass is 455 g/mol. The summed E-state index contributed by atoms with van der Waals surface area (Å²) in [5.41, 5.74) is 3.94. The van der Waals surface area contributed by atoms with Gasteiger partial charge in [0, 0.05) is 9.26 Å². The van der Waals surface area contributed by atoms with Gasteiger partial charge in [-0.05, 0) is 65.3 Å². The molecule has 0 spiro atoms. The Hall–Kier alpha value is -0.880. The second-order valence-electron chi connectivity index (χ2n) is 5.77. The van der Waals surface area contributed by atoms with Gasteiger partial charge in [-0.1, -0.05) is 46.3 Å². The van der Waals surface area contributed by atoms with Gasteiger partial charge in [0.1, 0.15) is 0 Å². The van der Waals surface area contributed by atoms with Crippen molar-refractivity contribution in [2.45, 2.75) is 24.1 Å². The predicted molar refractivity (Wildman–Crippen MR) is 98.0 cm³/mol. The SMILES string of the molecule is CC1(C)C(=O)Nc2ccc(C(Br)c3ccccc3I)cc21. The van der Waals surface area contributed by atoms with E-state index in [0.717, 1.165) is 11.3 Å². The van der Waals surface area contributed by atoms with E-state index in [2.05, 4.69) is 68.1 Å². The number of fused-ring (bicyclic) bond motifs is 1. The first kappa shape index (κ1) is 15.0. The van der Waals surface area contributed by atoms with E-state index in [4.69, 9.17) is 0 Å². The summed E-state index contributed by atoms with van der Waals surface area (Å²) < 4.78 is 1.23. The molecule has 1 amide bonds. The molecule has 0 aromatic heterocycles. The fraction of sp³-hybridized carbons (Fsp3) is 0.235. The summed E-state index contributed by atoms with van der Waals surface area (Å²) in [4.78, 5) is 12.2. The number of carbonyl (C=O) groups is 1. The summed E-state index contributed by atoms with van der Waals surface area (Å²) in [5, 5.41) is 2.95. The standard InChI is InChI=1S/C17H15BrINO/c1-17(2)12-9-10(7-8-14(12)20-16(17)21)15(18)11-5-3-4-6-13(11)19/h3-9,15H,1-2H3,(H,20,21). The largest absolute Gasteiger partial charge is 0.325 e. The van der Waals surface area contributed by atoms with Crippen LogP contribution in [0.15, 0.2) is 42.5 Å². The maximum absolute atomic E-state index is 12.0. The normalized spacial score (nSPS) is 17.2. The summed E-state index contributed by atoms with van der Waals surface area (Å²) in [6, 6.07) is 14.5. The number of anilines is 1. The van der Waals surface area contributed by atoms with Crippen molar-refractivity contribution in [2.75, 3.05) is 5.32 Å². The zero-order valence-corrected chi connectivity index (χ0v) is 15.5. The number of benzene rings is 2. The van der Waals surface area contributed by atoms with E-state index >= 15 is 0 Å². The third-order valence-electron chi connectivity index (χ3n) is 4.00. The van der Waals surface area contributed by atoms with Crippen molar-refractivity contribution in [1.29, 1.82) is 0 Å². The highest BCUT2D eigenvalue weighted by Crippen LogP contribution is 2.41. The van der Waals surface area contributed by atoms with Crippen LogP contribution in [0.5, 0.6) is 0 Å². The van der Waals surface area contributed by atoms with Crippen molar-refractivity contribution >= 4 is 50.1 Å². The molecule has 1 heterocycles. The lowest BCUT2D eigenvalue weighted by Crippen LogP contribution is -2.26. The van der Waals surface area contributed by atoms with Gasteiger partial charge in [0.25, 0.3) is 0 Å². The maximum atomic E-state index is 12.0. The molecule has 0 radical (unpaired) electrons. The molecule has 108 valence electrons.